The van der Waals surface area contributed by atoms with E-state index in [0.717, 1.165) is 57.1 Å². The molecule has 0 saturated heterocycles. The summed E-state index contributed by atoms with van der Waals surface area (Å²) in [4.78, 5) is 24.8. The van der Waals surface area contributed by atoms with E-state index in [2.05, 4.69) is 30.1 Å². The van der Waals surface area contributed by atoms with E-state index in [4.69, 9.17) is 9.97 Å². The van der Waals surface area contributed by atoms with Crippen LogP contribution in [0, 0.1) is 11.3 Å². The molecular weight excluding hydrogens is 362 g/mol. The molecule has 0 unspecified atom stereocenters. The fourth-order valence-corrected chi connectivity index (χ4v) is 4.07. The van der Waals surface area contributed by atoms with Crippen LogP contribution in [0.15, 0.2) is 24.3 Å². The van der Waals surface area contributed by atoms with E-state index in [1.165, 1.54) is 6.42 Å². The van der Waals surface area contributed by atoms with Crippen molar-refractivity contribution >= 4 is 22.8 Å². The van der Waals surface area contributed by atoms with Crippen LogP contribution in [0.5, 0.6) is 0 Å². The van der Waals surface area contributed by atoms with Gasteiger partial charge in [0.25, 0.3) is 0 Å². The zero-order chi connectivity index (χ0) is 20.6. The maximum absolute atomic E-state index is 13.0. The number of aromatic nitrogens is 2. The minimum absolute atomic E-state index is 0.159. The summed E-state index contributed by atoms with van der Waals surface area (Å²) in [5.41, 5.74) is 1.97. The molecule has 2 aromatic rings. The third-order valence-corrected chi connectivity index (χ3v) is 5.48. The molecule has 0 radical (unpaired) electrons. The van der Waals surface area contributed by atoms with E-state index >= 15 is 0 Å². The van der Waals surface area contributed by atoms with Crippen LogP contribution in [0.1, 0.15) is 70.4 Å². The summed E-state index contributed by atoms with van der Waals surface area (Å²) in [6.45, 7) is 5.87. The maximum Gasteiger partial charge on any atom is 0.243 e. The van der Waals surface area contributed by atoms with Crippen molar-refractivity contribution in [3.63, 3.8) is 0 Å². The lowest BCUT2D eigenvalue weighted by Gasteiger charge is -2.27. The molecule has 3 rings (SSSR count). The summed E-state index contributed by atoms with van der Waals surface area (Å²) in [5.74, 6) is -0.545. The van der Waals surface area contributed by atoms with Gasteiger partial charge < -0.3 is 10.2 Å². The molecule has 0 bridgehead atoms. The molecule has 6 nitrogen and oxygen atoms in total. The number of hydrogen-bond donors (Lipinski definition) is 1. The second kappa shape index (κ2) is 10.2. The third-order valence-electron chi connectivity index (χ3n) is 5.48. The predicted octanol–water partition coefficient (Wildman–Crippen LogP) is 4.31. The van der Waals surface area contributed by atoms with Crippen molar-refractivity contribution < 1.29 is 4.79 Å². The molecule has 1 heterocycles. The van der Waals surface area contributed by atoms with Crippen LogP contribution in [-0.4, -0.2) is 35.0 Å². The number of carbonyl (C=O) groups is 1. The normalized spacial score (nSPS) is 15.6. The molecule has 1 amide bonds. The smallest absolute Gasteiger partial charge is 0.243 e. The average molecular weight is 394 g/mol. The largest absolute Gasteiger partial charge is 0.355 e. The van der Waals surface area contributed by atoms with Crippen LogP contribution in [0.2, 0.25) is 0 Å². The van der Waals surface area contributed by atoms with E-state index in [-0.39, 0.29) is 11.9 Å². The second-order valence-corrected chi connectivity index (χ2v) is 7.81. The standard InChI is InChI=1S/C23H31N5O/c1-3-14-28(15-4-2)22-21(26-19-12-8-9-13-20(19)27-22)18(16-24)23(29)25-17-10-6-5-7-11-17/h8-9,12-13,17-18H,3-7,10-11,14-15H2,1-2H3,(H,25,29)/t18-/m0/s1. The monoisotopic (exact) mass is 393 g/mol. The lowest BCUT2D eigenvalue weighted by atomic mass is 9.94. The summed E-state index contributed by atoms with van der Waals surface area (Å²) in [5, 5.41) is 13.0. The molecule has 1 aromatic heterocycles. The topological polar surface area (TPSA) is 81.9 Å². The van der Waals surface area contributed by atoms with Crippen molar-refractivity contribution in [2.75, 3.05) is 18.0 Å². The molecule has 1 saturated carbocycles. The predicted molar refractivity (Wildman–Crippen MR) is 116 cm³/mol. The van der Waals surface area contributed by atoms with E-state index in [1.807, 2.05) is 24.3 Å². The van der Waals surface area contributed by atoms with Gasteiger partial charge in [-0.05, 0) is 37.8 Å². The van der Waals surface area contributed by atoms with Crippen molar-refractivity contribution in [3.05, 3.63) is 30.0 Å². The van der Waals surface area contributed by atoms with Gasteiger partial charge >= 0.3 is 0 Å². The highest BCUT2D eigenvalue weighted by atomic mass is 16.2. The van der Waals surface area contributed by atoms with Gasteiger partial charge in [-0.2, -0.15) is 5.26 Å². The van der Waals surface area contributed by atoms with E-state index < -0.39 is 5.92 Å². The maximum atomic E-state index is 13.0. The number of nitriles is 1. The molecule has 154 valence electrons. The SMILES string of the molecule is CCCN(CCC)c1nc2ccccc2nc1[C@H](C#N)C(=O)NC1CCCCC1. The number of nitrogens with zero attached hydrogens (tertiary/aromatic N) is 4. The molecule has 6 heteroatoms. The summed E-state index contributed by atoms with van der Waals surface area (Å²) < 4.78 is 0. The summed E-state index contributed by atoms with van der Waals surface area (Å²) >= 11 is 0. The number of benzene rings is 1. The first-order valence-corrected chi connectivity index (χ1v) is 10.9. The number of rotatable bonds is 8. The van der Waals surface area contributed by atoms with E-state index in [9.17, 15) is 10.1 Å². The first kappa shape index (κ1) is 21.0. The van der Waals surface area contributed by atoms with Crippen LogP contribution < -0.4 is 10.2 Å². The Balaban J connectivity index is 2.00. The van der Waals surface area contributed by atoms with Crippen molar-refractivity contribution in [1.82, 2.24) is 15.3 Å². The molecule has 1 aromatic carbocycles. The van der Waals surface area contributed by atoms with Crippen LogP contribution in [-0.2, 0) is 4.79 Å². The Kier molecular flexibility index (Phi) is 7.40. The Morgan fingerprint density at radius 1 is 1.14 bits per heavy atom. The highest BCUT2D eigenvalue weighted by Crippen LogP contribution is 2.28. The highest BCUT2D eigenvalue weighted by molar-refractivity contribution is 5.89. The minimum Gasteiger partial charge on any atom is -0.355 e. The van der Waals surface area contributed by atoms with Gasteiger partial charge in [0, 0.05) is 19.1 Å². The summed E-state index contributed by atoms with van der Waals surface area (Å²) in [7, 11) is 0. The van der Waals surface area contributed by atoms with Crippen molar-refractivity contribution in [2.24, 2.45) is 0 Å². The Morgan fingerprint density at radius 3 is 2.34 bits per heavy atom. The highest BCUT2D eigenvalue weighted by Gasteiger charge is 2.30. The quantitative estimate of drug-likeness (QED) is 0.722. The lowest BCUT2D eigenvalue weighted by molar-refractivity contribution is -0.122. The Hall–Kier alpha value is -2.68. The molecular formula is C23H31N5O. The van der Waals surface area contributed by atoms with Gasteiger partial charge in [0.15, 0.2) is 11.7 Å². The fourth-order valence-electron chi connectivity index (χ4n) is 4.07. The zero-order valence-corrected chi connectivity index (χ0v) is 17.5. The fraction of sp³-hybridized carbons (Fsp3) is 0.565. The molecule has 1 atom stereocenters. The van der Waals surface area contributed by atoms with Gasteiger partial charge in [-0.1, -0.05) is 45.2 Å². The average Bonchev–Trinajstić information content (AvgIpc) is 2.74. The van der Waals surface area contributed by atoms with Crippen LogP contribution in [0.25, 0.3) is 11.0 Å². The number of para-hydroxylation sites is 2. The molecule has 0 aliphatic heterocycles. The Labute approximate surface area is 173 Å². The number of fused-ring (bicyclic) bond motifs is 1. The number of amides is 1. The molecule has 0 spiro atoms. The van der Waals surface area contributed by atoms with Gasteiger partial charge in [0.05, 0.1) is 17.1 Å². The Bertz CT molecular complexity index is 863. The van der Waals surface area contributed by atoms with Crippen molar-refractivity contribution in [1.29, 1.82) is 5.26 Å². The summed E-state index contributed by atoms with van der Waals surface area (Å²) in [6, 6.07) is 10.0. The van der Waals surface area contributed by atoms with Crippen molar-refractivity contribution in [3.8, 4) is 6.07 Å². The minimum atomic E-state index is -0.958. The first-order valence-electron chi connectivity index (χ1n) is 10.9. The Morgan fingerprint density at radius 2 is 1.76 bits per heavy atom. The molecule has 1 aliphatic rings. The van der Waals surface area contributed by atoms with Gasteiger partial charge in [-0.15, -0.1) is 0 Å². The molecule has 1 fully saturated rings. The van der Waals surface area contributed by atoms with Gasteiger partial charge in [-0.3, -0.25) is 4.79 Å². The second-order valence-electron chi connectivity index (χ2n) is 7.81. The number of anilines is 1. The number of hydrogen-bond acceptors (Lipinski definition) is 5. The van der Waals surface area contributed by atoms with Gasteiger partial charge in [-0.25, -0.2) is 9.97 Å². The van der Waals surface area contributed by atoms with Crippen LogP contribution in [0.3, 0.4) is 0 Å². The van der Waals surface area contributed by atoms with E-state index in [0.29, 0.717) is 17.0 Å². The van der Waals surface area contributed by atoms with Gasteiger partial charge in [0.2, 0.25) is 5.91 Å². The summed E-state index contributed by atoms with van der Waals surface area (Å²) in [6.07, 6.45) is 7.36. The molecule has 29 heavy (non-hydrogen) atoms. The van der Waals surface area contributed by atoms with Crippen LogP contribution in [0.4, 0.5) is 5.82 Å². The molecule has 1 N–H and O–H groups in total. The first-order chi connectivity index (χ1) is 14.2. The number of carbonyl (C=O) groups excluding carboxylic acids is 1. The zero-order valence-electron chi connectivity index (χ0n) is 17.5. The lowest BCUT2D eigenvalue weighted by Crippen LogP contribution is -2.39. The number of nitrogens with one attached hydrogen (secondary N) is 1. The van der Waals surface area contributed by atoms with E-state index in [1.54, 1.807) is 0 Å². The van der Waals surface area contributed by atoms with Crippen molar-refractivity contribution in [2.45, 2.75) is 70.8 Å². The molecule has 1 aliphatic carbocycles. The van der Waals surface area contributed by atoms with Crippen LogP contribution >= 0.6 is 0 Å². The third kappa shape index (κ3) is 5.03. The van der Waals surface area contributed by atoms with Gasteiger partial charge in [0.1, 0.15) is 5.69 Å².